The quantitative estimate of drug-likeness (QED) is 0.563. The Morgan fingerprint density at radius 1 is 1.09 bits per heavy atom. The summed E-state index contributed by atoms with van der Waals surface area (Å²) in [5.74, 6) is 2.03. The van der Waals surface area contributed by atoms with Gasteiger partial charge in [-0.25, -0.2) is 0 Å². The van der Waals surface area contributed by atoms with E-state index in [1.54, 1.807) is 11.8 Å². The minimum atomic E-state index is -0.0699. The molecule has 0 saturated heterocycles. The molecule has 0 spiro atoms. The van der Waals surface area contributed by atoms with Crippen LogP contribution in [0.15, 0.2) is 59.5 Å². The fraction of sp³-hybridized carbons (Fsp3) is 0.316. The largest absolute Gasteiger partial charge is 0.354 e. The predicted octanol–water partition coefficient (Wildman–Crippen LogP) is 4.53. The molecule has 0 fully saturated rings. The van der Waals surface area contributed by atoms with E-state index in [9.17, 15) is 4.79 Å². The summed E-state index contributed by atoms with van der Waals surface area (Å²) in [6.45, 7) is 4.77. The van der Waals surface area contributed by atoms with E-state index in [2.05, 4.69) is 36.5 Å². The van der Waals surface area contributed by atoms with Gasteiger partial charge in [-0.2, -0.15) is 11.8 Å². The van der Waals surface area contributed by atoms with Gasteiger partial charge in [0.25, 0.3) is 0 Å². The lowest BCUT2D eigenvalue weighted by molar-refractivity contribution is -0.120. The van der Waals surface area contributed by atoms with Crippen LogP contribution in [0.2, 0.25) is 0 Å². The summed E-state index contributed by atoms with van der Waals surface area (Å²) >= 11 is 3.44. The standard InChI is InChI=1S/C19H23NOS2/c1-15-8-10-17(11-9-15)14-22-13-12-20-19(21)16(2)23-18-6-4-3-5-7-18/h3-11,16H,12-14H2,1-2H3,(H,20,21)/t16-/m0/s1. The van der Waals surface area contributed by atoms with Gasteiger partial charge in [-0.1, -0.05) is 48.0 Å². The third-order valence-corrected chi connectivity index (χ3v) is 5.50. The third-order valence-electron chi connectivity index (χ3n) is 3.36. The van der Waals surface area contributed by atoms with Crippen LogP contribution in [0, 0.1) is 6.92 Å². The maximum absolute atomic E-state index is 12.1. The van der Waals surface area contributed by atoms with Crippen LogP contribution in [0.25, 0.3) is 0 Å². The van der Waals surface area contributed by atoms with Crippen molar-refractivity contribution in [3.8, 4) is 0 Å². The minimum Gasteiger partial charge on any atom is -0.354 e. The second kappa shape index (κ2) is 9.68. The van der Waals surface area contributed by atoms with Gasteiger partial charge in [-0.3, -0.25) is 4.79 Å². The third kappa shape index (κ3) is 6.71. The highest BCUT2D eigenvalue weighted by Gasteiger charge is 2.13. The molecule has 1 amide bonds. The summed E-state index contributed by atoms with van der Waals surface area (Å²) in [6, 6.07) is 18.7. The fourth-order valence-corrected chi connectivity index (χ4v) is 3.75. The number of thioether (sulfide) groups is 2. The van der Waals surface area contributed by atoms with Gasteiger partial charge in [0, 0.05) is 22.9 Å². The second-order valence-corrected chi connectivity index (χ2v) is 7.92. The van der Waals surface area contributed by atoms with Gasteiger partial charge >= 0.3 is 0 Å². The van der Waals surface area contributed by atoms with Gasteiger partial charge in [0.05, 0.1) is 5.25 Å². The molecule has 4 heteroatoms. The minimum absolute atomic E-state index is 0.0699. The molecule has 0 radical (unpaired) electrons. The Labute approximate surface area is 147 Å². The zero-order valence-corrected chi connectivity index (χ0v) is 15.3. The molecule has 0 aliphatic rings. The molecule has 2 rings (SSSR count). The Hall–Kier alpha value is -1.39. The number of rotatable bonds is 8. The molecule has 1 N–H and O–H groups in total. The molecule has 2 aromatic rings. The van der Waals surface area contributed by atoms with Gasteiger partial charge in [-0.05, 0) is 31.5 Å². The van der Waals surface area contributed by atoms with Crippen molar-refractivity contribution in [1.29, 1.82) is 0 Å². The first-order valence-corrected chi connectivity index (χ1v) is 9.81. The maximum atomic E-state index is 12.1. The number of nitrogens with one attached hydrogen (secondary N) is 1. The van der Waals surface area contributed by atoms with E-state index in [0.29, 0.717) is 0 Å². The van der Waals surface area contributed by atoms with E-state index in [1.807, 2.05) is 49.0 Å². The molecule has 0 saturated carbocycles. The van der Waals surface area contributed by atoms with E-state index < -0.39 is 0 Å². The zero-order chi connectivity index (χ0) is 16.5. The van der Waals surface area contributed by atoms with Crippen LogP contribution in [0.5, 0.6) is 0 Å². The Bertz CT molecular complexity index is 599. The summed E-state index contributed by atoms with van der Waals surface area (Å²) in [6.07, 6.45) is 0. The number of benzene rings is 2. The molecule has 0 aromatic heterocycles. The Morgan fingerprint density at radius 2 is 1.78 bits per heavy atom. The molecule has 2 nitrogen and oxygen atoms in total. The van der Waals surface area contributed by atoms with Crippen LogP contribution in [0.4, 0.5) is 0 Å². The van der Waals surface area contributed by atoms with Crippen LogP contribution in [0.3, 0.4) is 0 Å². The number of hydrogen-bond donors (Lipinski definition) is 1. The van der Waals surface area contributed by atoms with Crippen LogP contribution in [-0.2, 0) is 10.5 Å². The first-order chi connectivity index (χ1) is 11.1. The number of hydrogen-bond acceptors (Lipinski definition) is 3. The van der Waals surface area contributed by atoms with Crippen molar-refractivity contribution in [2.45, 2.75) is 29.7 Å². The Balaban J connectivity index is 1.61. The number of carbonyl (C=O) groups excluding carboxylic acids is 1. The molecular formula is C19H23NOS2. The van der Waals surface area contributed by atoms with Gasteiger partial charge in [0.1, 0.15) is 0 Å². The monoisotopic (exact) mass is 345 g/mol. The molecule has 0 aliphatic heterocycles. The van der Waals surface area contributed by atoms with Crippen molar-refractivity contribution in [1.82, 2.24) is 5.32 Å². The molecule has 0 unspecified atom stereocenters. The van der Waals surface area contributed by atoms with Crippen molar-refractivity contribution in [2.24, 2.45) is 0 Å². The Morgan fingerprint density at radius 3 is 2.48 bits per heavy atom. The highest BCUT2D eigenvalue weighted by Crippen LogP contribution is 2.22. The molecule has 122 valence electrons. The zero-order valence-electron chi connectivity index (χ0n) is 13.6. The average molecular weight is 346 g/mol. The molecular weight excluding hydrogens is 322 g/mol. The number of amides is 1. The summed E-state index contributed by atoms with van der Waals surface area (Å²) in [5.41, 5.74) is 2.62. The predicted molar refractivity (Wildman–Crippen MR) is 102 cm³/mol. The second-order valence-electron chi connectivity index (χ2n) is 5.40. The topological polar surface area (TPSA) is 29.1 Å². The number of aryl methyl sites for hydroxylation is 1. The van der Waals surface area contributed by atoms with Crippen molar-refractivity contribution < 1.29 is 4.79 Å². The molecule has 2 aromatic carbocycles. The van der Waals surface area contributed by atoms with Crippen molar-refractivity contribution in [3.63, 3.8) is 0 Å². The van der Waals surface area contributed by atoms with Gasteiger partial charge in [-0.15, -0.1) is 11.8 Å². The van der Waals surface area contributed by atoms with E-state index in [1.165, 1.54) is 11.1 Å². The van der Waals surface area contributed by atoms with E-state index in [4.69, 9.17) is 0 Å². The van der Waals surface area contributed by atoms with E-state index in [0.717, 1.165) is 22.9 Å². The van der Waals surface area contributed by atoms with Gasteiger partial charge < -0.3 is 5.32 Å². The smallest absolute Gasteiger partial charge is 0.233 e. The van der Waals surface area contributed by atoms with Gasteiger partial charge in [0.15, 0.2) is 0 Å². The van der Waals surface area contributed by atoms with Crippen molar-refractivity contribution >= 4 is 29.4 Å². The summed E-state index contributed by atoms with van der Waals surface area (Å²) in [7, 11) is 0. The van der Waals surface area contributed by atoms with E-state index in [-0.39, 0.29) is 11.2 Å². The molecule has 0 bridgehead atoms. The molecule has 0 heterocycles. The Kier molecular flexibility index (Phi) is 7.56. The van der Waals surface area contributed by atoms with Crippen LogP contribution >= 0.6 is 23.5 Å². The molecule has 1 atom stereocenters. The van der Waals surface area contributed by atoms with Crippen molar-refractivity contribution in [2.75, 3.05) is 12.3 Å². The van der Waals surface area contributed by atoms with E-state index >= 15 is 0 Å². The molecule has 23 heavy (non-hydrogen) atoms. The first-order valence-electron chi connectivity index (χ1n) is 7.78. The summed E-state index contributed by atoms with van der Waals surface area (Å²) < 4.78 is 0. The maximum Gasteiger partial charge on any atom is 0.233 e. The molecule has 0 aliphatic carbocycles. The van der Waals surface area contributed by atoms with Crippen LogP contribution < -0.4 is 5.32 Å². The SMILES string of the molecule is Cc1ccc(CSCCNC(=O)[C@H](C)Sc2ccccc2)cc1. The van der Waals surface area contributed by atoms with Crippen LogP contribution in [-0.4, -0.2) is 23.5 Å². The fourth-order valence-electron chi connectivity index (χ4n) is 2.02. The first kappa shape index (κ1) is 18.0. The summed E-state index contributed by atoms with van der Waals surface area (Å²) in [5, 5.41) is 2.95. The normalized spacial score (nSPS) is 11.9. The average Bonchev–Trinajstić information content (AvgIpc) is 2.57. The highest BCUT2D eigenvalue weighted by atomic mass is 32.2. The highest BCUT2D eigenvalue weighted by molar-refractivity contribution is 8.00. The van der Waals surface area contributed by atoms with Crippen molar-refractivity contribution in [3.05, 3.63) is 65.7 Å². The lowest BCUT2D eigenvalue weighted by Crippen LogP contribution is -2.32. The number of carbonyl (C=O) groups is 1. The lowest BCUT2D eigenvalue weighted by Gasteiger charge is -2.12. The lowest BCUT2D eigenvalue weighted by atomic mass is 10.2. The van der Waals surface area contributed by atoms with Crippen LogP contribution in [0.1, 0.15) is 18.1 Å². The van der Waals surface area contributed by atoms with Gasteiger partial charge in [0.2, 0.25) is 5.91 Å². The summed E-state index contributed by atoms with van der Waals surface area (Å²) in [4.78, 5) is 13.2.